The lowest BCUT2D eigenvalue weighted by atomic mass is 9.81. The second-order valence-electron chi connectivity index (χ2n) is 6.46. The second-order valence-corrected chi connectivity index (χ2v) is 6.46. The van der Waals surface area contributed by atoms with Crippen LogP contribution in [-0.4, -0.2) is 37.3 Å². The van der Waals surface area contributed by atoms with Crippen molar-refractivity contribution in [3.63, 3.8) is 0 Å². The molecular weight excluding hydrogens is 322 g/mol. The number of benzene rings is 1. The van der Waals surface area contributed by atoms with Gasteiger partial charge in [0.1, 0.15) is 5.75 Å². The zero-order chi connectivity index (χ0) is 18.1. The lowest BCUT2D eigenvalue weighted by molar-refractivity contribution is -0.144. The summed E-state index contributed by atoms with van der Waals surface area (Å²) in [6.07, 6.45) is 3.48. The average Bonchev–Trinajstić information content (AvgIpc) is 2.64. The smallest absolute Gasteiger partial charge is 0.306 e. The van der Waals surface area contributed by atoms with Crippen molar-refractivity contribution < 1.29 is 24.2 Å². The molecule has 138 valence electrons. The number of methoxy groups -OCH3 is 1. The van der Waals surface area contributed by atoms with E-state index in [2.05, 4.69) is 5.32 Å². The van der Waals surface area contributed by atoms with E-state index in [1.165, 1.54) is 0 Å². The van der Waals surface area contributed by atoms with Crippen LogP contribution >= 0.6 is 0 Å². The zero-order valence-electron chi connectivity index (χ0n) is 14.7. The van der Waals surface area contributed by atoms with Crippen molar-refractivity contribution in [2.24, 2.45) is 11.8 Å². The molecule has 0 heterocycles. The number of hydrogen-bond donors (Lipinski definition) is 2. The van der Waals surface area contributed by atoms with E-state index >= 15 is 0 Å². The number of aliphatic carboxylic acids is 1. The van der Waals surface area contributed by atoms with Crippen molar-refractivity contribution in [3.8, 4) is 5.75 Å². The Hall–Kier alpha value is -2.08. The molecule has 1 aromatic carbocycles. The Bertz CT molecular complexity index is 575. The largest absolute Gasteiger partial charge is 0.493 e. The number of ether oxygens (including phenoxy) is 2. The van der Waals surface area contributed by atoms with Crippen molar-refractivity contribution in [2.75, 3.05) is 20.3 Å². The predicted molar refractivity (Wildman–Crippen MR) is 93.4 cm³/mol. The van der Waals surface area contributed by atoms with Crippen molar-refractivity contribution in [3.05, 3.63) is 29.8 Å². The minimum atomic E-state index is -0.796. The maximum absolute atomic E-state index is 12.3. The summed E-state index contributed by atoms with van der Waals surface area (Å²) < 4.78 is 10.6. The van der Waals surface area contributed by atoms with Crippen molar-refractivity contribution in [1.29, 1.82) is 0 Å². The van der Waals surface area contributed by atoms with Gasteiger partial charge in [-0.25, -0.2) is 0 Å². The molecule has 2 unspecified atom stereocenters. The zero-order valence-corrected chi connectivity index (χ0v) is 14.7. The fraction of sp³-hybridized carbons (Fsp3) is 0.579. The van der Waals surface area contributed by atoms with Gasteiger partial charge in [0, 0.05) is 32.6 Å². The quantitative estimate of drug-likeness (QED) is 0.670. The Morgan fingerprint density at radius 2 is 2.04 bits per heavy atom. The Morgan fingerprint density at radius 1 is 1.24 bits per heavy atom. The molecule has 0 saturated heterocycles. The van der Waals surface area contributed by atoms with Crippen LogP contribution in [0.2, 0.25) is 0 Å². The predicted octanol–water partition coefficient (Wildman–Crippen LogP) is 2.61. The molecule has 1 aromatic rings. The fourth-order valence-corrected chi connectivity index (χ4v) is 3.12. The molecule has 0 aliphatic heterocycles. The van der Waals surface area contributed by atoms with Crippen molar-refractivity contribution >= 4 is 11.9 Å². The van der Waals surface area contributed by atoms with E-state index in [1.54, 1.807) is 7.11 Å². The van der Waals surface area contributed by atoms with Crippen LogP contribution in [0.15, 0.2) is 24.3 Å². The van der Waals surface area contributed by atoms with Gasteiger partial charge in [0.2, 0.25) is 5.91 Å². The van der Waals surface area contributed by atoms with Gasteiger partial charge in [0.25, 0.3) is 0 Å². The van der Waals surface area contributed by atoms with Gasteiger partial charge in [-0.15, -0.1) is 0 Å². The van der Waals surface area contributed by atoms with Crippen LogP contribution in [0.4, 0.5) is 0 Å². The highest BCUT2D eigenvalue weighted by molar-refractivity contribution is 5.80. The summed E-state index contributed by atoms with van der Waals surface area (Å²) in [6, 6.07) is 7.63. The molecule has 1 amide bonds. The van der Waals surface area contributed by atoms with E-state index in [4.69, 9.17) is 14.6 Å². The molecule has 0 aromatic heterocycles. The van der Waals surface area contributed by atoms with E-state index < -0.39 is 11.9 Å². The first-order valence-electron chi connectivity index (χ1n) is 8.81. The number of hydrogen-bond acceptors (Lipinski definition) is 4. The number of rotatable bonds is 9. The summed E-state index contributed by atoms with van der Waals surface area (Å²) in [5.41, 5.74) is 0.961. The van der Waals surface area contributed by atoms with Crippen LogP contribution in [0.5, 0.6) is 5.75 Å². The average molecular weight is 349 g/mol. The van der Waals surface area contributed by atoms with Crippen molar-refractivity contribution in [1.82, 2.24) is 5.32 Å². The van der Waals surface area contributed by atoms with E-state index in [1.807, 2.05) is 24.3 Å². The summed E-state index contributed by atoms with van der Waals surface area (Å²) in [5, 5.41) is 12.1. The van der Waals surface area contributed by atoms with Gasteiger partial charge in [0.05, 0.1) is 12.5 Å². The number of carboxylic acids is 1. The SMILES string of the molecule is COCCCOc1cccc(CNC(=O)C2CCCC(C(=O)O)C2)c1. The highest BCUT2D eigenvalue weighted by atomic mass is 16.5. The molecule has 6 nitrogen and oxygen atoms in total. The van der Waals surface area contributed by atoms with E-state index in [-0.39, 0.29) is 11.8 Å². The molecular formula is C19H27NO5. The molecule has 1 saturated carbocycles. The van der Waals surface area contributed by atoms with Crippen LogP contribution in [0, 0.1) is 11.8 Å². The Kier molecular flexibility index (Phi) is 7.73. The topological polar surface area (TPSA) is 84.9 Å². The lowest BCUT2D eigenvalue weighted by Gasteiger charge is -2.25. The Balaban J connectivity index is 1.80. The normalized spacial score (nSPS) is 20.0. The van der Waals surface area contributed by atoms with Gasteiger partial charge in [-0.2, -0.15) is 0 Å². The summed E-state index contributed by atoms with van der Waals surface area (Å²) in [6.45, 7) is 1.67. The van der Waals surface area contributed by atoms with Gasteiger partial charge >= 0.3 is 5.97 Å². The summed E-state index contributed by atoms with van der Waals surface area (Å²) in [4.78, 5) is 23.4. The standard InChI is InChI=1S/C19H27NO5/c1-24-9-4-10-25-17-8-2-5-14(11-17)13-20-18(21)15-6-3-7-16(12-15)19(22)23/h2,5,8,11,15-16H,3-4,6-7,9-10,12-13H2,1H3,(H,20,21)(H,22,23). The first-order chi connectivity index (χ1) is 12.1. The Labute approximate surface area is 148 Å². The van der Waals surface area contributed by atoms with Gasteiger partial charge < -0.3 is 19.9 Å². The minimum absolute atomic E-state index is 0.0580. The molecule has 1 aliphatic carbocycles. The number of carbonyl (C=O) groups is 2. The third kappa shape index (κ3) is 6.38. The molecule has 1 aliphatic rings. The molecule has 0 bridgehead atoms. The van der Waals surface area contributed by atoms with Crippen LogP contribution in [0.3, 0.4) is 0 Å². The highest BCUT2D eigenvalue weighted by Crippen LogP contribution is 2.29. The molecule has 1 fully saturated rings. The summed E-state index contributed by atoms with van der Waals surface area (Å²) >= 11 is 0. The third-order valence-corrected chi connectivity index (χ3v) is 4.52. The molecule has 25 heavy (non-hydrogen) atoms. The Morgan fingerprint density at radius 3 is 2.80 bits per heavy atom. The van der Waals surface area contributed by atoms with Gasteiger partial charge in [0.15, 0.2) is 0 Å². The van der Waals surface area contributed by atoms with Crippen molar-refractivity contribution in [2.45, 2.75) is 38.6 Å². The van der Waals surface area contributed by atoms with E-state index in [0.717, 1.165) is 30.6 Å². The molecule has 0 radical (unpaired) electrons. The molecule has 2 rings (SSSR count). The van der Waals surface area contributed by atoms with Crippen LogP contribution in [0.25, 0.3) is 0 Å². The highest BCUT2D eigenvalue weighted by Gasteiger charge is 2.30. The number of carboxylic acid groups (broad SMARTS) is 1. The summed E-state index contributed by atoms with van der Waals surface area (Å²) in [5.74, 6) is -0.684. The van der Waals surface area contributed by atoms with Gasteiger partial charge in [-0.05, 0) is 37.0 Å². The van der Waals surface area contributed by atoms with Gasteiger partial charge in [-0.1, -0.05) is 18.6 Å². The lowest BCUT2D eigenvalue weighted by Crippen LogP contribution is -2.35. The third-order valence-electron chi connectivity index (χ3n) is 4.52. The van der Waals surface area contributed by atoms with Crippen LogP contribution in [0.1, 0.15) is 37.7 Å². The number of amides is 1. The summed E-state index contributed by atoms with van der Waals surface area (Å²) in [7, 11) is 1.66. The molecule has 2 atom stereocenters. The second kappa shape index (κ2) is 10.0. The van der Waals surface area contributed by atoms with Crippen LogP contribution in [-0.2, 0) is 20.9 Å². The number of carbonyl (C=O) groups excluding carboxylic acids is 1. The van der Waals surface area contributed by atoms with E-state index in [0.29, 0.717) is 32.6 Å². The van der Waals surface area contributed by atoms with Gasteiger partial charge in [-0.3, -0.25) is 9.59 Å². The van der Waals surface area contributed by atoms with Crippen LogP contribution < -0.4 is 10.1 Å². The molecule has 0 spiro atoms. The first kappa shape index (κ1) is 19.2. The minimum Gasteiger partial charge on any atom is -0.493 e. The maximum Gasteiger partial charge on any atom is 0.306 e. The van der Waals surface area contributed by atoms with E-state index in [9.17, 15) is 9.59 Å². The monoisotopic (exact) mass is 349 g/mol. The maximum atomic E-state index is 12.3. The molecule has 2 N–H and O–H groups in total. The molecule has 6 heteroatoms. The fourth-order valence-electron chi connectivity index (χ4n) is 3.12. The first-order valence-corrected chi connectivity index (χ1v) is 8.81. The number of nitrogens with one attached hydrogen (secondary N) is 1.